The first kappa shape index (κ1) is 16.3. The summed E-state index contributed by atoms with van der Waals surface area (Å²) in [7, 11) is 0. The maximum atomic E-state index is 11.8. The van der Waals surface area contributed by atoms with Gasteiger partial charge in [0.15, 0.2) is 0 Å². The number of para-hydroxylation sites is 2. The van der Waals surface area contributed by atoms with Crippen molar-refractivity contribution in [2.75, 3.05) is 30.4 Å². The number of anilines is 2. The van der Waals surface area contributed by atoms with Gasteiger partial charge in [-0.15, -0.1) is 0 Å². The fourth-order valence-corrected chi connectivity index (χ4v) is 1.56. The van der Waals surface area contributed by atoms with E-state index in [1.807, 2.05) is 52.0 Å². The molecule has 5 heteroatoms. The first-order valence-electron chi connectivity index (χ1n) is 6.83. The van der Waals surface area contributed by atoms with E-state index in [4.69, 9.17) is 9.47 Å². The molecule has 0 aliphatic heterocycles. The van der Waals surface area contributed by atoms with Crippen molar-refractivity contribution >= 4 is 17.5 Å². The van der Waals surface area contributed by atoms with Gasteiger partial charge in [-0.1, -0.05) is 12.1 Å². The third-order valence-electron chi connectivity index (χ3n) is 2.33. The molecule has 0 radical (unpaired) electrons. The average Bonchev–Trinajstić information content (AvgIpc) is 2.34. The molecule has 0 unspecified atom stereocenters. The first-order chi connectivity index (χ1) is 9.42. The summed E-state index contributed by atoms with van der Waals surface area (Å²) in [5.41, 5.74) is 1.03. The van der Waals surface area contributed by atoms with Crippen LogP contribution in [0.3, 0.4) is 0 Å². The van der Waals surface area contributed by atoms with E-state index in [0.717, 1.165) is 5.69 Å². The third-order valence-corrected chi connectivity index (χ3v) is 2.33. The summed E-state index contributed by atoms with van der Waals surface area (Å²) in [6, 6.07) is 7.50. The number of benzene rings is 1. The lowest BCUT2D eigenvalue weighted by molar-refractivity contribution is 0.0636. The Hall–Kier alpha value is -1.75. The number of nitrogens with one attached hydrogen (secondary N) is 2. The van der Waals surface area contributed by atoms with Gasteiger partial charge in [-0.25, -0.2) is 4.79 Å². The third kappa shape index (κ3) is 6.43. The van der Waals surface area contributed by atoms with Gasteiger partial charge in [0.2, 0.25) is 0 Å². The zero-order chi connectivity index (χ0) is 15.0. The number of carbonyl (C=O) groups excluding carboxylic acids is 1. The molecule has 1 aromatic rings. The zero-order valence-electron chi connectivity index (χ0n) is 12.7. The van der Waals surface area contributed by atoms with E-state index >= 15 is 0 Å². The highest BCUT2D eigenvalue weighted by Gasteiger charge is 2.16. The molecular weight excluding hydrogens is 256 g/mol. The second-order valence-corrected chi connectivity index (χ2v) is 5.30. The number of rotatable bonds is 6. The van der Waals surface area contributed by atoms with Crippen molar-refractivity contribution in [2.45, 2.75) is 33.3 Å². The standard InChI is InChI=1S/C15H24N2O3/c1-5-19-11-10-16-12-8-6-7-9-13(12)17-14(18)20-15(2,3)4/h6-9,16H,5,10-11H2,1-4H3,(H,17,18). The molecule has 0 bridgehead atoms. The van der Waals surface area contributed by atoms with E-state index in [9.17, 15) is 4.79 Å². The molecule has 0 heterocycles. The summed E-state index contributed by atoms with van der Waals surface area (Å²) in [5, 5.41) is 5.96. The van der Waals surface area contributed by atoms with Crippen LogP contribution in [0.5, 0.6) is 0 Å². The maximum absolute atomic E-state index is 11.8. The van der Waals surface area contributed by atoms with Crippen LogP contribution in [0.4, 0.5) is 16.2 Å². The molecule has 0 aromatic heterocycles. The number of hydrogen-bond donors (Lipinski definition) is 2. The van der Waals surface area contributed by atoms with Crippen molar-refractivity contribution in [3.63, 3.8) is 0 Å². The molecule has 0 aliphatic carbocycles. The fourth-order valence-electron chi connectivity index (χ4n) is 1.56. The second-order valence-electron chi connectivity index (χ2n) is 5.30. The van der Waals surface area contributed by atoms with Gasteiger partial charge >= 0.3 is 6.09 Å². The molecule has 0 spiro atoms. The van der Waals surface area contributed by atoms with Crippen LogP contribution in [0.25, 0.3) is 0 Å². The number of hydrogen-bond acceptors (Lipinski definition) is 4. The Kier molecular flexibility index (Phi) is 6.31. The largest absolute Gasteiger partial charge is 0.444 e. The Labute approximate surface area is 120 Å². The van der Waals surface area contributed by atoms with Gasteiger partial charge < -0.3 is 14.8 Å². The van der Waals surface area contributed by atoms with Gasteiger partial charge in [-0.2, -0.15) is 0 Å². The monoisotopic (exact) mass is 280 g/mol. The van der Waals surface area contributed by atoms with Crippen LogP contribution in [0, 0.1) is 0 Å². The van der Waals surface area contributed by atoms with Crippen molar-refractivity contribution in [3.05, 3.63) is 24.3 Å². The molecule has 0 saturated heterocycles. The normalized spacial score (nSPS) is 11.0. The summed E-state index contributed by atoms with van der Waals surface area (Å²) in [5.74, 6) is 0. The highest BCUT2D eigenvalue weighted by Crippen LogP contribution is 2.21. The van der Waals surface area contributed by atoms with E-state index < -0.39 is 11.7 Å². The van der Waals surface area contributed by atoms with E-state index in [1.165, 1.54) is 0 Å². The van der Waals surface area contributed by atoms with Crippen molar-refractivity contribution in [1.29, 1.82) is 0 Å². The Morgan fingerprint density at radius 3 is 2.45 bits per heavy atom. The van der Waals surface area contributed by atoms with E-state index in [-0.39, 0.29) is 0 Å². The molecule has 2 N–H and O–H groups in total. The molecule has 0 aliphatic rings. The van der Waals surface area contributed by atoms with Gasteiger partial charge in [-0.3, -0.25) is 5.32 Å². The highest BCUT2D eigenvalue weighted by atomic mass is 16.6. The minimum atomic E-state index is -0.512. The Morgan fingerprint density at radius 2 is 1.85 bits per heavy atom. The summed E-state index contributed by atoms with van der Waals surface area (Å²) in [4.78, 5) is 11.8. The summed E-state index contributed by atoms with van der Waals surface area (Å²) in [6.07, 6.45) is -0.462. The highest BCUT2D eigenvalue weighted by molar-refractivity contribution is 5.89. The van der Waals surface area contributed by atoms with Gasteiger partial charge in [-0.05, 0) is 39.8 Å². The van der Waals surface area contributed by atoms with E-state index in [2.05, 4.69) is 10.6 Å². The molecule has 112 valence electrons. The van der Waals surface area contributed by atoms with Gasteiger partial charge in [0.25, 0.3) is 0 Å². The van der Waals surface area contributed by atoms with Crippen molar-refractivity contribution in [1.82, 2.24) is 0 Å². The Bertz CT molecular complexity index is 427. The zero-order valence-corrected chi connectivity index (χ0v) is 12.7. The Morgan fingerprint density at radius 1 is 1.20 bits per heavy atom. The van der Waals surface area contributed by atoms with Crippen LogP contribution >= 0.6 is 0 Å². The minimum absolute atomic E-state index is 0.462. The lowest BCUT2D eigenvalue weighted by Crippen LogP contribution is -2.27. The van der Waals surface area contributed by atoms with E-state index in [1.54, 1.807) is 0 Å². The van der Waals surface area contributed by atoms with Gasteiger partial charge in [0.05, 0.1) is 18.0 Å². The smallest absolute Gasteiger partial charge is 0.412 e. The molecule has 0 atom stereocenters. The number of carbonyl (C=O) groups is 1. The number of ether oxygens (including phenoxy) is 2. The summed E-state index contributed by atoms with van der Waals surface area (Å²) in [6.45, 7) is 9.45. The summed E-state index contributed by atoms with van der Waals surface area (Å²) < 4.78 is 10.5. The van der Waals surface area contributed by atoms with Crippen molar-refractivity contribution in [2.24, 2.45) is 0 Å². The molecule has 1 amide bonds. The second kappa shape index (κ2) is 7.75. The molecule has 1 rings (SSSR count). The average molecular weight is 280 g/mol. The van der Waals surface area contributed by atoms with Crippen LogP contribution in [-0.2, 0) is 9.47 Å². The lowest BCUT2D eigenvalue weighted by atomic mass is 10.2. The molecule has 5 nitrogen and oxygen atoms in total. The molecule has 20 heavy (non-hydrogen) atoms. The SMILES string of the molecule is CCOCCNc1ccccc1NC(=O)OC(C)(C)C. The van der Waals surface area contributed by atoms with Crippen LogP contribution in [-0.4, -0.2) is 31.5 Å². The van der Waals surface area contributed by atoms with Crippen LogP contribution in [0.2, 0.25) is 0 Å². The van der Waals surface area contributed by atoms with Crippen LogP contribution < -0.4 is 10.6 Å². The van der Waals surface area contributed by atoms with Gasteiger partial charge in [0, 0.05) is 13.2 Å². The van der Waals surface area contributed by atoms with Crippen molar-refractivity contribution < 1.29 is 14.3 Å². The Balaban J connectivity index is 2.58. The topological polar surface area (TPSA) is 59.6 Å². The van der Waals surface area contributed by atoms with Crippen molar-refractivity contribution in [3.8, 4) is 0 Å². The lowest BCUT2D eigenvalue weighted by Gasteiger charge is -2.20. The first-order valence-corrected chi connectivity index (χ1v) is 6.83. The summed E-state index contributed by atoms with van der Waals surface area (Å²) >= 11 is 0. The molecular formula is C15H24N2O3. The molecule has 0 fully saturated rings. The fraction of sp³-hybridized carbons (Fsp3) is 0.533. The van der Waals surface area contributed by atoms with Crippen LogP contribution in [0.15, 0.2) is 24.3 Å². The predicted molar refractivity (Wildman–Crippen MR) is 81.3 cm³/mol. The predicted octanol–water partition coefficient (Wildman–Crippen LogP) is 3.48. The molecule has 1 aromatic carbocycles. The van der Waals surface area contributed by atoms with Gasteiger partial charge in [0.1, 0.15) is 5.60 Å². The van der Waals surface area contributed by atoms with Crippen LogP contribution in [0.1, 0.15) is 27.7 Å². The number of amides is 1. The van der Waals surface area contributed by atoms with E-state index in [0.29, 0.717) is 25.4 Å². The quantitative estimate of drug-likeness (QED) is 0.783. The maximum Gasteiger partial charge on any atom is 0.412 e. The minimum Gasteiger partial charge on any atom is -0.444 e. The molecule has 0 saturated carbocycles.